The van der Waals surface area contributed by atoms with Crippen LogP contribution in [0, 0.1) is 17.5 Å². The van der Waals surface area contributed by atoms with E-state index in [0.29, 0.717) is 54.9 Å². The number of fused-ring (bicyclic) bond motifs is 1. The molecule has 1 fully saturated rings. The molecule has 2 aromatic carbocycles. The largest absolute Gasteiger partial charge is 0.381 e. The van der Waals surface area contributed by atoms with Gasteiger partial charge in [-0.3, -0.25) is 0 Å². The van der Waals surface area contributed by atoms with Crippen molar-refractivity contribution >= 4 is 40.1 Å². The number of hydrogen-bond donors (Lipinski definition) is 2. The Kier molecular flexibility index (Phi) is 6.38. The number of halogens is 4. The first-order chi connectivity index (χ1) is 17.4. The molecule has 36 heavy (non-hydrogen) atoms. The Hall–Kier alpha value is -4.26. The van der Waals surface area contributed by atoms with Gasteiger partial charge in [0.15, 0.2) is 23.1 Å². The summed E-state index contributed by atoms with van der Waals surface area (Å²) in [5, 5.41) is 10.5. The van der Waals surface area contributed by atoms with Gasteiger partial charge in [0.05, 0.1) is 17.0 Å². The molecule has 0 radical (unpaired) electrons. The lowest BCUT2D eigenvalue weighted by Gasteiger charge is -2.22. The van der Waals surface area contributed by atoms with E-state index in [1.807, 2.05) is 0 Å². The molecule has 4 aromatic rings. The summed E-state index contributed by atoms with van der Waals surface area (Å²) < 4.78 is 61.1. The standard InChI is InChI=1S/C23H18F4N6O3/c24-13-9-17(25)19(18(26)10-13)30-20-16-11-28-23(29-14-3-1-12(2-4-14)22(34)36-27)31-21(16)33(32-20)15-5-7-35-8-6-15/h1-4,9-11,15H,5-8H2,(H,30,32)(H,28,29,31). The van der Waals surface area contributed by atoms with Crippen molar-refractivity contribution in [3.63, 3.8) is 0 Å². The van der Waals surface area contributed by atoms with Crippen LogP contribution in [0.25, 0.3) is 11.0 Å². The highest BCUT2D eigenvalue weighted by molar-refractivity contribution is 5.90. The summed E-state index contributed by atoms with van der Waals surface area (Å²) in [6.45, 7) is 1.03. The average molecular weight is 502 g/mol. The Bertz CT molecular complexity index is 1400. The third-order valence-electron chi connectivity index (χ3n) is 5.68. The maximum absolute atomic E-state index is 14.3. The number of carbonyl (C=O) groups is 1. The normalized spacial score (nSPS) is 14.1. The summed E-state index contributed by atoms with van der Waals surface area (Å²) in [6, 6.07) is 6.81. The van der Waals surface area contributed by atoms with Crippen LogP contribution in [0.5, 0.6) is 0 Å². The van der Waals surface area contributed by atoms with Crippen LogP contribution in [-0.4, -0.2) is 38.9 Å². The van der Waals surface area contributed by atoms with E-state index in [9.17, 15) is 22.5 Å². The molecule has 0 aliphatic carbocycles. The van der Waals surface area contributed by atoms with Crippen LogP contribution < -0.4 is 10.6 Å². The maximum Gasteiger partial charge on any atom is 0.379 e. The first-order valence-corrected chi connectivity index (χ1v) is 10.9. The molecule has 13 heteroatoms. The molecule has 1 aliphatic heterocycles. The highest BCUT2D eigenvalue weighted by atomic mass is 19.3. The van der Waals surface area contributed by atoms with E-state index in [-0.39, 0.29) is 23.4 Å². The van der Waals surface area contributed by atoms with Crippen LogP contribution in [0.4, 0.5) is 40.8 Å². The lowest BCUT2D eigenvalue weighted by Crippen LogP contribution is -2.21. The molecule has 2 aromatic heterocycles. The number of hydrogen-bond acceptors (Lipinski definition) is 8. The Labute approximate surface area is 201 Å². The second kappa shape index (κ2) is 9.77. The number of carbonyl (C=O) groups excluding carboxylic acids is 1. The van der Waals surface area contributed by atoms with E-state index in [4.69, 9.17) is 4.74 Å². The van der Waals surface area contributed by atoms with Crippen LogP contribution in [-0.2, 0) is 9.68 Å². The van der Waals surface area contributed by atoms with Crippen molar-refractivity contribution < 1.29 is 32.2 Å². The number of benzene rings is 2. The minimum Gasteiger partial charge on any atom is -0.381 e. The summed E-state index contributed by atoms with van der Waals surface area (Å²) in [4.78, 5) is 23.3. The maximum atomic E-state index is 14.3. The third-order valence-corrected chi connectivity index (χ3v) is 5.68. The summed E-state index contributed by atoms with van der Waals surface area (Å²) >= 11 is 0. The predicted molar refractivity (Wildman–Crippen MR) is 120 cm³/mol. The van der Waals surface area contributed by atoms with Gasteiger partial charge in [0, 0.05) is 41.8 Å². The number of anilines is 4. The number of aromatic nitrogens is 4. The Morgan fingerprint density at radius 2 is 1.75 bits per heavy atom. The quantitative estimate of drug-likeness (QED) is 0.350. The lowest BCUT2D eigenvalue weighted by atomic mass is 10.1. The van der Waals surface area contributed by atoms with Crippen molar-refractivity contribution in [1.82, 2.24) is 19.7 Å². The number of ether oxygens (including phenoxy) is 1. The van der Waals surface area contributed by atoms with E-state index in [1.54, 1.807) is 4.68 Å². The summed E-state index contributed by atoms with van der Waals surface area (Å²) in [5.41, 5.74) is 0.371. The van der Waals surface area contributed by atoms with E-state index >= 15 is 0 Å². The van der Waals surface area contributed by atoms with E-state index < -0.39 is 29.1 Å². The molecule has 3 heterocycles. The second-order valence-electron chi connectivity index (χ2n) is 8.00. The van der Waals surface area contributed by atoms with Gasteiger partial charge >= 0.3 is 5.97 Å². The molecule has 0 spiro atoms. The van der Waals surface area contributed by atoms with Crippen molar-refractivity contribution in [1.29, 1.82) is 0 Å². The second-order valence-corrected chi connectivity index (χ2v) is 8.00. The van der Waals surface area contributed by atoms with Gasteiger partial charge in [-0.2, -0.15) is 10.1 Å². The van der Waals surface area contributed by atoms with Gasteiger partial charge in [-0.05, 0) is 37.1 Å². The predicted octanol–water partition coefficient (Wildman–Crippen LogP) is 5.12. The fourth-order valence-corrected chi connectivity index (χ4v) is 3.90. The Morgan fingerprint density at radius 1 is 1.06 bits per heavy atom. The van der Waals surface area contributed by atoms with Crippen LogP contribution in [0.15, 0.2) is 42.6 Å². The van der Waals surface area contributed by atoms with Gasteiger partial charge < -0.3 is 15.4 Å². The van der Waals surface area contributed by atoms with Crippen LogP contribution in [0.2, 0.25) is 0 Å². The van der Waals surface area contributed by atoms with E-state index in [1.165, 1.54) is 30.5 Å². The SMILES string of the molecule is O=C(OF)c1ccc(Nc2ncc3c(Nc4c(F)cc(F)cc4F)nn(C4CCOCC4)c3n2)cc1. The molecule has 0 unspecified atom stereocenters. The van der Waals surface area contributed by atoms with Gasteiger partial charge in [-0.25, -0.2) is 32.6 Å². The minimum absolute atomic E-state index is 0.0213. The number of nitrogens with one attached hydrogen (secondary N) is 2. The summed E-state index contributed by atoms with van der Waals surface area (Å²) in [6.07, 6.45) is 2.73. The van der Waals surface area contributed by atoms with Crippen LogP contribution in [0.1, 0.15) is 29.2 Å². The van der Waals surface area contributed by atoms with E-state index in [0.717, 1.165) is 0 Å². The zero-order valence-electron chi connectivity index (χ0n) is 18.5. The van der Waals surface area contributed by atoms with Gasteiger partial charge in [0.1, 0.15) is 11.5 Å². The van der Waals surface area contributed by atoms with Crippen molar-refractivity contribution in [2.24, 2.45) is 0 Å². The smallest absolute Gasteiger partial charge is 0.379 e. The molecule has 1 aliphatic rings. The van der Waals surface area contributed by atoms with Crippen LogP contribution >= 0.6 is 0 Å². The summed E-state index contributed by atoms with van der Waals surface area (Å²) in [5.74, 6) is -4.10. The zero-order valence-corrected chi connectivity index (χ0v) is 18.5. The summed E-state index contributed by atoms with van der Waals surface area (Å²) in [7, 11) is 0. The monoisotopic (exact) mass is 502 g/mol. The number of rotatable bonds is 6. The molecule has 5 rings (SSSR count). The third kappa shape index (κ3) is 4.64. The van der Waals surface area contributed by atoms with Gasteiger partial charge in [0.2, 0.25) is 5.95 Å². The Morgan fingerprint density at radius 3 is 2.42 bits per heavy atom. The van der Waals surface area contributed by atoms with Gasteiger partial charge in [0.25, 0.3) is 0 Å². The van der Waals surface area contributed by atoms with Crippen molar-refractivity contribution in [3.05, 3.63) is 65.6 Å². The molecular formula is C23H18F4N6O3. The van der Waals surface area contributed by atoms with Crippen molar-refractivity contribution in [2.45, 2.75) is 18.9 Å². The fraction of sp³-hybridized carbons (Fsp3) is 0.217. The zero-order chi connectivity index (χ0) is 25.2. The van der Waals surface area contributed by atoms with Crippen molar-refractivity contribution in [3.8, 4) is 0 Å². The molecule has 0 amide bonds. The van der Waals surface area contributed by atoms with E-state index in [2.05, 4.69) is 30.6 Å². The first kappa shape index (κ1) is 23.5. The molecule has 0 bridgehead atoms. The molecular weight excluding hydrogens is 484 g/mol. The van der Waals surface area contributed by atoms with Gasteiger partial charge in [-0.1, -0.05) is 0 Å². The molecule has 9 nitrogen and oxygen atoms in total. The lowest BCUT2D eigenvalue weighted by molar-refractivity contribution is -0.0788. The average Bonchev–Trinajstić information content (AvgIpc) is 3.24. The molecule has 0 saturated carbocycles. The van der Waals surface area contributed by atoms with Crippen molar-refractivity contribution in [2.75, 3.05) is 23.8 Å². The number of nitrogens with zero attached hydrogens (tertiary/aromatic N) is 4. The van der Waals surface area contributed by atoms with Crippen LogP contribution in [0.3, 0.4) is 0 Å². The highest BCUT2D eigenvalue weighted by Crippen LogP contribution is 2.32. The fourth-order valence-electron chi connectivity index (χ4n) is 3.90. The Balaban J connectivity index is 1.51. The highest BCUT2D eigenvalue weighted by Gasteiger charge is 2.24. The topological polar surface area (TPSA) is 103 Å². The molecule has 186 valence electrons. The molecule has 0 atom stereocenters. The molecule has 1 saturated heterocycles. The minimum atomic E-state index is -1.12. The first-order valence-electron chi connectivity index (χ1n) is 10.9. The van der Waals surface area contributed by atoms with Gasteiger partial charge in [-0.15, -0.1) is 0 Å². The molecule has 2 N–H and O–H groups in total.